The fourth-order valence-electron chi connectivity index (χ4n) is 2.22. The minimum atomic E-state index is 0.682. The molecule has 0 saturated carbocycles. The molecule has 1 aromatic heterocycles. The first kappa shape index (κ1) is 12.0. The highest BCUT2D eigenvalue weighted by Crippen LogP contribution is 2.26. The van der Waals surface area contributed by atoms with Gasteiger partial charge in [-0.05, 0) is 50.6 Å². The summed E-state index contributed by atoms with van der Waals surface area (Å²) in [5.74, 6) is 0.937. The van der Waals surface area contributed by atoms with Gasteiger partial charge in [-0.15, -0.1) is 0 Å². The number of aryl methyl sites for hydroxylation is 1. The van der Waals surface area contributed by atoms with Crippen molar-refractivity contribution in [2.45, 2.75) is 26.8 Å². The second kappa shape index (κ2) is 5.23. The molecular weight excluding hydrogens is 212 g/mol. The molecule has 0 fully saturated rings. The molecule has 0 bridgehead atoms. The van der Waals surface area contributed by atoms with Gasteiger partial charge in [0, 0.05) is 23.6 Å². The Morgan fingerprint density at radius 3 is 2.76 bits per heavy atom. The molecular formula is C14H20N2O. The maximum Gasteiger partial charge on any atom is 0.120 e. The predicted molar refractivity (Wildman–Crippen MR) is 71.5 cm³/mol. The van der Waals surface area contributed by atoms with Crippen molar-refractivity contribution in [1.29, 1.82) is 0 Å². The Balaban J connectivity index is 2.52. The molecule has 0 atom stereocenters. The topological polar surface area (TPSA) is 40.2 Å². The zero-order valence-electron chi connectivity index (χ0n) is 10.6. The molecule has 0 aliphatic carbocycles. The number of rotatable bonds is 5. The molecule has 0 aliphatic rings. The number of fused-ring (bicyclic) bond motifs is 1. The van der Waals surface area contributed by atoms with Gasteiger partial charge in [0.1, 0.15) is 5.75 Å². The Morgan fingerprint density at radius 1 is 1.29 bits per heavy atom. The van der Waals surface area contributed by atoms with Crippen LogP contribution in [-0.4, -0.2) is 17.7 Å². The number of hydrogen-bond acceptors (Lipinski definition) is 2. The number of nitrogens with zero attached hydrogens (tertiary/aromatic N) is 1. The standard InChI is InChI=1S/C14H20N2O/c1-3-16-10-11(7-8-15)13-9-12(17-4-2)5-6-14(13)16/h5-6,9-10H,3-4,7-8,15H2,1-2H3. The molecule has 17 heavy (non-hydrogen) atoms. The van der Waals surface area contributed by atoms with Gasteiger partial charge in [0.05, 0.1) is 6.61 Å². The molecule has 92 valence electrons. The van der Waals surface area contributed by atoms with Gasteiger partial charge < -0.3 is 15.0 Å². The molecule has 3 heteroatoms. The molecule has 0 aliphatic heterocycles. The smallest absolute Gasteiger partial charge is 0.120 e. The zero-order chi connectivity index (χ0) is 12.3. The van der Waals surface area contributed by atoms with E-state index < -0.39 is 0 Å². The Hall–Kier alpha value is -1.48. The second-order valence-electron chi connectivity index (χ2n) is 4.09. The van der Waals surface area contributed by atoms with E-state index >= 15 is 0 Å². The van der Waals surface area contributed by atoms with Crippen molar-refractivity contribution in [2.75, 3.05) is 13.2 Å². The van der Waals surface area contributed by atoms with E-state index in [1.165, 1.54) is 16.5 Å². The monoisotopic (exact) mass is 232 g/mol. The summed E-state index contributed by atoms with van der Waals surface area (Å²) in [7, 11) is 0. The van der Waals surface area contributed by atoms with Gasteiger partial charge in [-0.25, -0.2) is 0 Å². The van der Waals surface area contributed by atoms with Gasteiger partial charge in [0.15, 0.2) is 0 Å². The van der Waals surface area contributed by atoms with Gasteiger partial charge in [-0.1, -0.05) is 0 Å². The Kier molecular flexibility index (Phi) is 3.69. The van der Waals surface area contributed by atoms with Crippen molar-refractivity contribution in [3.8, 4) is 5.75 Å². The first-order valence-electron chi connectivity index (χ1n) is 6.24. The van der Waals surface area contributed by atoms with Gasteiger partial charge in [-0.2, -0.15) is 0 Å². The van der Waals surface area contributed by atoms with Crippen LogP contribution in [0.4, 0.5) is 0 Å². The summed E-state index contributed by atoms with van der Waals surface area (Å²) >= 11 is 0. The van der Waals surface area contributed by atoms with Crippen LogP contribution in [0.1, 0.15) is 19.4 Å². The lowest BCUT2D eigenvalue weighted by Gasteiger charge is -2.04. The first-order valence-corrected chi connectivity index (χ1v) is 6.24. The van der Waals surface area contributed by atoms with Crippen molar-refractivity contribution < 1.29 is 4.74 Å². The molecule has 2 N–H and O–H groups in total. The molecule has 0 spiro atoms. The van der Waals surface area contributed by atoms with Crippen LogP contribution in [0.15, 0.2) is 24.4 Å². The maximum atomic E-state index is 5.66. The van der Waals surface area contributed by atoms with Crippen LogP contribution in [0.2, 0.25) is 0 Å². The molecule has 2 aromatic rings. The van der Waals surface area contributed by atoms with Gasteiger partial charge in [0.2, 0.25) is 0 Å². The number of hydrogen-bond donors (Lipinski definition) is 1. The van der Waals surface area contributed by atoms with Crippen molar-refractivity contribution >= 4 is 10.9 Å². The van der Waals surface area contributed by atoms with E-state index in [0.717, 1.165) is 18.7 Å². The van der Waals surface area contributed by atoms with E-state index in [1.807, 2.05) is 13.0 Å². The molecule has 1 aromatic carbocycles. The Bertz CT molecular complexity index is 502. The third kappa shape index (κ3) is 2.29. The number of benzene rings is 1. The lowest BCUT2D eigenvalue weighted by molar-refractivity contribution is 0.340. The molecule has 1 heterocycles. The molecule has 3 nitrogen and oxygen atoms in total. The summed E-state index contributed by atoms with van der Waals surface area (Å²) in [5.41, 5.74) is 8.23. The lowest BCUT2D eigenvalue weighted by Crippen LogP contribution is -2.02. The van der Waals surface area contributed by atoms with Crippen molar-refractivity contribution in [2.24, 2.45) is 5.73 Å². The SMILES string of the molecule is CCOc1ccc2c(c1)c(CCN)cn2CC. The Labute approximate surface area is 102 Å². The Morgan fingerprint density at radius 2 is 2.12 bits per heavy atom. The summed E-state index contributed by atoms with van der Waals surface area (Å²) < 4.78 is 7.81. The third-order valence-electron chi connectivity index (χ3n) is 3.00. The average molecular weight is 232 g/mol. The van der Waals surface area contributed by atoms with Crippen LogP contribution in [0.5, 0.6) is 5.75 Å². The highest BCUT2D eigenvalue weighted by atomic mass is 16.5. The van der Waals surface area contributed by atoms with Crippen LogP contribution in [0.3, 0.4) is 0 Å². The fourth-order valence-corrected chi connectivity index (χ4v) is 2.22. The fraction of sp³-hybridized carbons (Fsp3) is 0.429. The summed E-state index contributed by atoms with van der Waals surface area (Å²) in [6, 6.07) is 6.28. The van der Waals surface area contributed by atoms with Crippen LogP contribution >= 0.6 is 0 Å². The largest absolute Gasteiger partial charge is 0.494 e. The van der Waals surface area contributed by atoms with Gasteiger partial charge in [0.25, 0.3) is 0 Å². The third-order valence-corrected chi connectivity index (χ3v) is 3.00. The number of ether oxygens (including phenoxy) is 1. The zero-order valence-corrected chi connectivity index (χ0v) is 10.6. The van der Waals surface area contributed by atoms with Crippen LogP contribution < -0.4 is 10.5 Å². The summed E-state index contributed by atoms with van der Waals surface area (Å²) in [6.45, 7) is 6.52. The summed E-state index contributed by atoms with van der Waals surface area (Å²) in [6.07, 6.45) is 3.12. The number of aromatic nitrogens is 1. The molecule has 0 unspecified atom stereocenters. The van der Waals surface area contributed by atoms with E-state index in [0.29, 0.717) is 13.2 Å². The molecule has 0 radical (unpaired) electrons. The number of nitrogens with two attached hydrogens (primary N) is 1. The highest BCUT2D eigenvalue weighted by molar-refractivity contribution is 5.85. The van der Waals surface area contributed by atoms with Crippen LogP contribution in [0, 0.1) is 0 Å². The average Bonchev–Trinajstić information content (AvgIpc) is 2.68. The van der Waals surface area contributed by atoms with E-state index in [2.05, 4.69) is 29.8 Å². The normalized spacial score (nSPS) is 11.0. The predicted octanol–water partition coefficient (Wildman–Crippen LogP) is 2.56. The van der Waals surface area contributed by atoms with Crippen LogP contribution in [0.25, 0.3) is 10.9 Å². The summed E-state index contributed by atoms with van der Waals surface area (Å²) in [4.78, 5) is 0. The van der Waals surface area contributed by atoms with E-state index in [4.69, 9.17) is 10.5 Å². The van der Waals surface area contributed by atoms with Crippen molar-refractivity contribution in [3.05, 3.63) is 30.0 Å². The molecule has 0 amide bonds. The van der Waals surface area contributed by atoms with Gasteiger partial charge >= 0.3 is 0 Å². The van der Waals surface area contributed by atoms with E-state index in [-0.39, 0.29) is 0 Å². The van der Waals surface area contributed by atoms with Crippen LogP contribution in [-0.2, 0) is 13.0 Å². The molecule has 2 rings (SSSR count). The van der Waals surface area contributed by atoms with Crippen molar-refractivity contribution in [1.82, 2.24) is 4.57 Å². The van der Waals surface area contributed by atoms with E-state index in [9.17, 15) is 0 Å². The maximum absolute atomic E-state index is 5.66. The summed E-state index contributed by atoms with van der Waals surface area (Å²) in [5, 5.41) is 1.27. The van der Waals surface area contributed by atoms with E-state index in [1.54, 1.807) is 0 Å². The lowest BCUT2D eigenvalue weighted by atomic mass is 10.1. The minimum Gasteiger partial charge on any atom is -0.494 e. The highest BCUT2D eigenvalue weighted by Gasteiger charge is 2.08. The quantitative estimate of drug-likeness (QED) is 0.860. The molecule has 0 saturated heterocycles. The second-order valence-corrected chi connectivity index (χ2v) is 4.09. The first-order chi connectivity index (χ1) is 8.30. The minimum absolute atomic E-state index is 0.682. The van der Waals surface area contributed by atoms with Gasteiger partial charge in [-0.3, -0.25) is 0 Å². The van der Waals surface area contributed by atoms with Crippen molar-refractivity contribution in [3.63, 3.8) is 0 Å².